The first kappa shape index (κ1) is 15.1. The van der Waals surface area contributed by atoms with Gasteiger partial charge < -0.3 is 19.3 Å². The van der Waals surface area contributed by atoms with E-state index in [-0.39, 0.29) is 17.9 Å². The van der Waals surface area contributed by atoms with Gasteiger partial charge in [0.1, 0.15) is 0 Å². The molecule has 2 N–H and O–H groups in total. The van der Waals surface area contributed by atoms with Crippen LogP contribution in [-0.2, 0) is 14.0 Å². The van der Waals surface area contributed by atoms with Crippen molar-refractivity contribution >= 4 is 7.60 Å². The maximum atomic E-state index is 10.8. The van der Waals surface area contributed by atoms with Gasteiger partial charge >= 0.3 is 7.60 Å². The van der Waals surface area contributed by atoms with Gasteiger partial charge in [0, 0.05) is 11.6 Å². The number of hydrogen-bond acceptors (Lipinski definition) is 3. The lowest BCUT2D eigenvalue weighted by Crippen LogP contribution is -2.35. The highest BCUT2D eigenvalue weighted by molar-refractivity contribution is 7.51. The van der Waals surface area contributed by atoms with E-state index in [0.717, 1.165) is 19.3 Å². The minimum atomic E-state index is -3.89. The second kappa shape index (κ2) is 6.30. The summed E-state index contributed by atoms with van der Waals surface area (Å²) in [6, 6.07) is 0. The van der Waals surface area contributed by atoms with E-state index < -0.39 is 7.60 Å². The summed E-state index contributed by atoms with van der Waals surface area (Å²) in [6.07, 6.45) is 2.77. The molecule has 0 bridgehead atoms. The summed E-state index contributed by atoms with van der Waals surface area (Å²) in [5, 5.41) is 0. The summed E-state index contributed by atoms with van der Waals surface area (Å²) < 4.78 is 22.0. The maximum Gasteiger partial charge on any atom is 0.325 e. The zero-order valence-electron chi connectivity index (χ0n) is 10.6. The van der Waals surface area contributed by atoms with E-state index >= 15 is 0 Å². The van der Waals surface area contributed by atoms with E-state index in [1.54, 1.807) is 0 Å². The van der Waals surface area contributed by atoms with Crippen LogP contribution < -0.4 is 0 Å². The van der Waals surface area contributed by atoms with E-state index in [0.29, 0.717) is 19.6 Å². The van der Waals surface area contributed by atoms with Crippen LogP contribution in [0.4, 0.5) is 0 Å². The van der Waals surface area contributed by atoms with Crippen LogP contribution in [0.15, 0.2) is 0 Å². The normalized spacial score (nSPS) is 18.8. The average molecular weight is 266 g/mol. The zero-order chi connectivity index (χ0) is 12.9. The number of rotatable bonds is 7. The fraction of sp³-hybridized carbons (Fsp3) is 1.00. The quantitative estimate of drug-likeness (QED) is 0.690. The Morgan fingerprint density at radius 3 is 2.18 bits per heavy atom. The molecule has 0 unspecified atom stereocenters. The van der Waals surface area contributed by atoms with E-state index in [1.807, 2.05) is 0 Å². The van der Waals surface area contributed by atoms with Crippen LogP contribution in [0, 0.1) is 5.41 Å². The molecule has 1 aliphatic rings. The third-order valence-corrected chi connectivity index (χ3v) is 4.55. The van der Waals surface area contributed by atoms with Gasteiger partial charge in [-0.15, -0.1) is 0 Å². The van der Waals surface area contributed by atoms with E-state index in [9.17, 15) is 4.57 Å². The molecular formula is C11H23O5P. The lowest BCUT2D eigenvalue weighted by Gasteiger charge is -2.36. The Kier molecular flexibility index (Phi) is 5.61. The van der Waals surface area contributed by atoms with Gasteiger partial charge in [-0.2, -0.15) is 0 Å². The second-order valence-electron chi connectivity index (χ2n) is 4.63. The molecule has 1 rings (SSSR count). The van der Waals surface area contributed by atoms with Crippen molar-refractivity contribution in [1.29, 1.82) is 0 Å². The number of ether oxygens (including phenoxy) is 2. The number of hydrogen-bond donors (Lipinski definition) is 2. The van der Waals surface area contributed by atoms with Crippen LogP contribution >= 0.6 is 7.60 Å². The monoisotopic (exact) mass is 266 g/mol. The summed E-state index contributed by atoms with van der Waals surface area (Å²) in [7, 11) is -3.89. The zero-order valence-corrected chi connectivity index (χ0v) is 11.5. The highest BCUT2D eigenvalue weighted by Crippen LogP contribution is 2.42. The molecule has 1 saturated heterocycles. The summed E-state index contributed by atoms with van der Waals surface area (Å²) in [5.74, 6) is 0. The van der Waals surface area contributed by atoms with E-state index in [4.69, 9.17) is 19.3 Å². The molecule has 1 heterocycles. The Bertz CT molecular complexity index is 265. The van der Waals surface area contributed by atoms with Crippen molar-refractivity contribution in [3.05, 3.63) is 0 Å². The summed E-state index contributed by atoms with van der Waals surface area (Å²) in [6.45, 7) is 5.38. The highest BCUT2D eigenvalue weighted by atomic mass is 31.2. The topological polar surface area (TPSA) is 76.0 Å². The highest BCUT2D eigenvalue weighted by Gasteiger charge is 2.39. The van der Waals surface area contributed by atoms with Crippen LogP contribution in [0.5, 0.6) is 0 Å². The Labute approximate surface area is 103 Å². The Balaban J connectivity index is 2.55. The molecule has 0 aromatic rings. The van der Waals surface area contributed by atoms with Crippen molar-refractivity contribution < 1.29 is 23.8 Å². The third kappa shape index (κ3) is 4.34. The summed E-state index contributed by atoms with van der Waals surface area (Å²) >= 11 is 0. The van der Waals surface area contributed by atoms with E-state index in [1.165, 1.54) is 0 Å². The van der Waals surface area contributed by atoms with Gasteiger partial charge in [0.05, 0.1) is 13.2 Å². The van der Waals surface area contributed by atoms with Crippen molar-refractivity contribution in [2.24, 2.45) is 5.41 Å². The second-order valence-corrected chi connectivity index (χ2v) is 6.41. The fourth-order valence-corrected chi connectivity index (χ4v) is 2.97. The standard InChI is InChI=1S/C11H23O5P/c1-3-11(4-2,10-15-7-8-16-10)6-5-9-17(12,13)14/h10H,3-9H2,1-2H3,(H2,12,13,14). The first-order valence-electron chi connectivity index (χ1n) is 6.21. The average Bonchev–Trinajstić information content (AvgIpc) is 2.77. The smallest absolute Gasteiger partial charge is 0.325 e. The molecule has 0 aromatic carbocycles. The van der Waals surface area contributed by atoms with Crippen molar-refractivity contribution in [3.63, 3.8) is 0 Å². The molecule has 0 atom stereocenters. The molecule has 0 saturated carbocycles. The molecule has 0 aromatic heterocycles. The van der Waals surface area contributed by atoms with Crippen LogP contribution in [0.25, 0.3) is 0 Å². The maximum absolute atomic E-state index is 10.8. The van der Waals surface area contributed by atoms with Crippen LogP contribution in [0.1, 0.15) is 39.5 Å². The van der Waals surface area contributed by atoms with Crippen molar-refractivity contribution in [1.82, 2.24) is 0 Å². The Morgan fingerprint density at radius 2 is 1.76 bits per heavy atom. The molecule has 0 aliphatic carbocycles. The lowest BCUT2D eigenvalue weighted by molar-refractivity contribution is -0.140. The molecule has 17 heavy (non-hydrogen) atoms. The Hall–Kier alpha value is 0.0700. The first-order chi connectivity index (χ1) is 7.93. The van der Waals surface area contributed by atoms with Crippen molar-refractivity contribution in [2.75, 3.05) is 19.4 Å². The first-order valence-corrected chi connectivity index (χ1v) is 8.01. The molecule has 6 heteroatoms. The van der Waals surface area contributed by atoms with E-state index in [2.05, 4.69) is 13.8 Å². The van der Waals surface area contributed by atoms with Crippen LogP contribution in [-0.4, -0.2) is 35.5 Å². The van der Waals surface area contributed by atoms with Crippen LogP contribution in [0.3, 0.4) is 0 Å². The SMILES string of the molecule is CCC(CC)(CCCP(=O)(O)O)C1OCCO1. The molecule has 0 radical (unpaired) electrons. The van der Waals surface area contributed by atoms with Gasteiger partial charge in [0.25, 0.3) is 0 Å². The van der Waals surface area contributed by atoms with Crippen molar-refractivity contribution in [3.8, 4) is 0 Å². The minimum Gasteiger partial charge on any atom is -0.350 e. The van der Waals surface area contributed by atoms with Gasteiger partial charge in [-0.3, -0.25) is 4.57 Å². The third-order valence-electron chi connectivity index (χ3n) is 3.65. The fourth-order valence-electron chi connectivity index (χ4n) is 2.40. The minimum absolute atomic E-state index is 0.0541. The van der Waals surface area contributed by atoms with Gasteiger partial charge in [-0.25, -0.2) is 0 Å². The molecule has 0 amide bonds. The predicted octanol–water partition coefficient (Wildman–Crippen LogP) is 2.12. The molecular weight excluding hydrogens is 243 g/mol. The lowest BCUT2D eigenvalue weighted by atomic mass is 9.77. The summed E-state index contributed by atoms with van der Waals surface area (Å²) in [5.41, 5.74) is -0.105. The molecule has 102 valence electrons. The van der Waals surface area contributed by atoms with Gasteiger partial charge in [-0.1, -0.05) is 13.8 Å². The molecule has 1 fully saturated rings. The Morgan fingerprint density at radius 1 is 1.24 bits per heavy atom. The molecule has 0 spiro atoms. The largest absolute Gasteiger partial charge is 0.350 e. The summed E-state index contributed by atoms with van der Waals surface area (Å²) in [4.78, 5) is 17.7. The molecule has 5 nitrogen and oxygen atoms in total. The van der Waals surface area contributed by atoms with Gasteiger partial charge in [0.15, 0.2) is 6.29 Å². The van der Waals surface area contributed by atoms with Crippen molar-refractivity contribution in [2.45, 2.75) is 45.8 Å². The van der Waals surface area contributed by atoms with Crippen LogP contribution in [0.2, 0.25) is 0 Å². The predicted molar refractivity (Wildman–Crippen MR) is 64.9 cm³/mol. The van der Waals surface area contributed by atoms with Gasteiger partial charge in [-0.05, 0) is 25.7 Å². The molecule has 1 aliphatic heterocycles. The van der Waals surface area contributed by atoms with Gasteiger partial charge in [0.2, 0.25) is 0 Å².